The molecule has 7 heteroatoms. The lowest BCUT2D eigenvalue weighted by molar-refractivity contribution is -0.113. The van der Waals surface area contributed by atoms with Gasteiger partial charge >= 0.3 is 0 Å². The Morgan fingerprint density at radius 3 is 2.67 bits per heavy atom. The van der Waals surface area contributed by atoms with Gasteiger partial charge in [0.15, 0.2) is 15.8 Å². The molecule has 0 aromatic heterocycles. The maximum absolute atomic E-state index is 12.7. The lowest BCUT2D eigenvalue weighted by Gasteiger charge is -2.13. The highest BCUT2D eigenvalue weighted by Gasteiger charge is 2.33. The molecule has 0 radical (unpaired) electrons. The molecule has 1 heterocycles. The number of phenolic OH excluding ortho intramolecular Hbond substituents is 1. The maximum atomic E-state index is 12.7. The van der Waals surface area contributed by atoms with Gasteiger partial charge in [-0.2, -0.15) is 0 Å². The summed E-state index contributed by atoms with van der Waals surface area (Å²) in [6.07, 6.45) is 1.68. The van der Waals surface area contributed by atoms with Gasteiger partial charge < -0.3 is 9.84 Å². The second kappa shape index (κ2) is 6.84. The lowest BCUT2D eigenvalue weighted by atomic mass is 10.1. The molecule has 0 aliphatic carbocycles. The Morgan fingerprint density at radius 2 is 2.00 bits per heavy atom. The third kappa shape index (κ3) is 3.13. The Kier molecular flexibility index (Phi) is 4.80. The molecule has 1 fully saturated rings. The Labute approximate surface area is 153 Å². The van der Waals surface area contributed by atoms with Crippen LogP contribution in [0.3, 0.4) is 0 Å². The van der Waals surface area contributed by atoms with Crippen molar-refractivity contribution in [2.75, 3.05) is 12.0 Å². The molecule has 4 nitrogen and oxygen atoms in total. The molecule has 1 aliphatic rings. The van der Waals surface area contributed by atoms with Crippen LogP contribution in [0.2, 0.25) is 5.02 Å². The molecule has 1 amide bonds. The van der Waals surface area contributed by atoms with E-state index in [0.717, 1.165) is 5.69 Å². The van der Waals surface area contributed by atoms with Crippen LogP contribution >= 0.6 is 35.6 Å². The fourth-order valence-electron chi connectivity index (χ4n) is 2.25. The summed E-state index contributed by atoms with van der Waals surface area (Å²) < 4.78 is 5.54. The second-order valence-electron chi connectivity index (χ2n) is 4.91. The average molecular weight is 378 g/mol. The zero-order valence-corrected chi connectivity index (χ0v) is 14.9. The van der Waals surface area contributed by atoms with Gasteiger partial charge in [-0.25, -0.2) is 0 Å². The van der Waals surface area contributed by atoms with Crippen LogP contribution in [0.1, 0.15) is 5.56 Å². The Balaban J connectivity index is 1.97. The fourth-order valence-corrected chi connectivity index (χ4v) is 3.77. The number of rotatable bonds is 3. The Bertz CT molecular complexity index is 852. The van der Waals surface area contributed by atoms with Crippen LogP contribution in [-0.4, -0.2) is 22.4 Å². The number of benzene rings is 2. The number of methoxy groups -OCH3 is 1. The molecule has 0 atom stereocenters. The molecule has 24 heavy (non-hydrogen) atoms. The van der Waals surface area contributed by atoms with Crippen molar-refractivity contribution in [2.45, 2.75) is 0 Å². The maximum Gasteiger partial charge on any atom is 0.270 e. The number of hydrogen-bond acceptors (Lipinski definition) is 5. The average Bonchev–Trinajstić information content (AvgIpc) is 2.85. The summed E-state index contributed by atoms with van der Waals surface area (Å²) >= 11 is 12.5. The number of thioether (sulfide) groups is 1. The van der Waals surface area contributed by atoms with Gasteiger partial charge in [0.2, 0.25) is 0 Å². The molecule has 3 rings (SSSR count). The van der Waals surface area contributed by atoms with Gasteiger partial charge in [0.05, 0.1) is 22.7 Å². The van der Waals surface area contributed by atoms with Gasteiger partial charge in [-0.15, -0.1) is 0 Å². The van der Waals surface area contributed by atoms with E-state index in [9.17, 15) is 9.90 Å². The molecule has 0 saturated carbocycles. The zero-order chi connectivity index (χ0) is 17.3. The van der Waals surface area contributed by atoms with E-state index < -0.39 is 0 Å². The molecule has 2 aromatic rings. The highest BCUT2D eigenvalue weighted by atomic mass is 35.5. The number of hydrogen-bond donors (Lipinski definition) is 1. The van der Waals surface area contributed by atoms with Gasteiger partial charge in [-0.3, -0.25) is 9.69 Å². The summed E-state index contributed by atoms with van der Waals surface area (Å²) in [7, 11) is 1.43. The number of carbonyl (C=O) groups excluding carboxylic acids is 1. The molecule has 0 spiro atoms. The Hall–Kier alpha value is -2.02. The summed E-state index contributed by atoms with van der Waals surface area (Å²) in [5.74, 6) is -0.0835. The van der Waals surface area contributed by atoms with Gasteiger partial charge in [0.25, 0.3) is 5.91 Å². The van der Waals surface area contributed by atoms with Crippen LogP contribution in [0.4, 0.5) is 5.69 Å². The van der Waals surface area contributed by atoms with E-state index in [4.69, 9.17) is 28.6 Å². The van der Waals surface area contributed by atoms with E-state index in [0.29, 0.717) is 14.8 Å². The topological polar surface area (TPSA) is 49.8 Å². The van der Waals surface area contributed by atoms with E-state index in [1.807, 2.05) is 30.3 Å². The van der Waals surface area contributed by atoms with Crippen molar-refractivity contribution in [3.05, 3.63) is 58.0 Å². The van der Waals surface area contributed by atoms with Gasteiger partial charge in [0, 0.05) is 0 Å². The summed E-state index contributed by atoms with van der Waals surface area (Å²) in [6.45, 7) is 0. The monoisotopic (exact) mass is 377 g/mol. The zero-order valence-electron chi connectivity index (χ0n) is 12.5. The van der Waals surface area contributed by atoms with Crippen LogP contribution in [0.5, 0.6) is 11.5 Å². The fraction of sp³-hybridized carbons (Fsp3) is 0.0588. The predicted octanol–water partition coefficient (Wildman–Crippen LogP) is 4.46. The molecule has 0 bridgehead atoms. The van der Waals surface area contributed by atoms with E-state index >= 15 is 0 Å². The number of anilines is 1. The van der Waals surface area contributed by atoms with Crippen molar-refractivity contribution in [3.63, 3.8) is 0 Å². The highest BCUT2D eigenvalue weighted by Crippen LogP contribution is 2.39. The van der Waals surface area contributed by atoms with Crippen molar-refractivity contribution in [3.8, 4) is 11.5 Å². The molecule has 1 saturated heterocycles. The van der Waals surface area contributed by atoms with Crippen molar-refractivity contribution >= 4 is 57.6 Å². The molecular weight excluding hydrogens is 366 g/mol. The number of thiocarbonyl (C=S) groups is 1. The summed E-state index contributed by atoms with van der Waals surface area (Å²) in [5, 5.41) is 9.94. The number of aromatic hydroxyl groups is 1. The smallest absolute Gasteiger partial charge is 0.270 e. The molecule has 2 aromatic carbocycles. The van der Waals surface area contributed by atoms with E-state index in [2.05, 4.69) is 0 Å². The minimum Gasteiger partial charge on any atom is -0.503 e. The second-order valence-corrected chi connectivity index (χ2v) is 6.99. The summed E-state index contributed by atoms with van der Waals surface area (Å²) in [6, 6.07) is 12.4. The Morgan fingerprint density at radius 1 is 1.29 bits per heavy atom. The van der Waals surface area contributed by atoms with Crippen molar-refractivity contribution in [1.29, 1.82) is 0 Å². The van der Waals surface area contributed by atoms with Crippen molar-refractivity contribution in [2.24, 2.45) is 0 Å². The number of phenols is 1. The van der Waals surface area contributed by atoms with E-state index in [1.165, 1.54) is 23.8 Å². The highest BCUT2D eigenvalue weighted by molar-refractivity contribution is 8.27. The van der Waals surface area contributed by atoms with Crippen LogP contribution in [0.25, 0.3) is 6.08 Å². The third-order valence-electron chi connectivity index (χ3n) is 3.38. The number of para-hydroxylation sites is 1. The standard InChI is InChI=1S/C17H12ClNO3S2/c1-22-13-8-10(7-12(18)15(13)20)9-14-16(21)19(17(23)24-14)11-5-3-2-4-6-11/h2-9,20H,1H3/b14-9+. The first-order chi connectivity index (χ1) is 11.5. The van der Waals surface area contributed by atoms with Crippen molar-refractivity contribution in [1.82, 2.24) is 0 Å². The van der Waals surface area contributed by atoms with Crippen LogP contribution < -0.4 is 9.64 Å². The number of halogens is 1. The first kappa shape index (κ1) is 16.8. The van der Waals surface area contributed by atoms with Gasteiger partial charge in [-0.1, -0.05) is 53.8 Å². The SMILES string of the molecule is COc1cc(/C=C2/SC(=S)N(c3ccccc3)C2=O)cc(Cl)c1O. The molecule has 1 N–H and O–H groups in total. The number of carbonyl (C=O) groups is 1. The van der Waals surface area contributed by atoms with E-state index in [-0.39, 0.29) is 22.4 Å². The van der Waals surface area contributed by atoms with Crippen LogP contribution in [0.15, 0.2) is 47.4 Å². The van der Waals surface area contributed by atoms with Crippen molar-refractivity contribution < 1.29 is 14.6 Å². The number of nitrogens with zero attached hydrogens (tertiary/aromatic N) is 1. The largest absolute Gasteiger partial charge is 0.503 e. The molecule has 122 valence electrons. The summed E-state index contributed by atoms with van der Waals surface area (Å²) in [4.78, 5) is 14.6. The first-order valence-corrected chi connectivity index (χ1v) is 8.51. The minimum absolute atomic E-state index is 0.131. The lowest BCUT2D eigenvalue weighted by Crippen LogP contribution is -2.27. The quantitative estimate of drug-likeness (QED) is 0.632. The first-order valence-electron chi connectivity index (χ1n) is 6.91. The molecule has 1 aliphatic heterocycles. The van der Waals surface area contributed by atoms with Crippen LogP contribution in [-0.2, 0) is 4.79 Å². The van der Waals surface area contributed by atoms with Gasteiger partial charge in [-0.05, 0) is 35.9 Å². The minimum atomic E-state index is -0.195. The summed E-state index contributed by atoms with van der Waals surface area (Å²) in [5.41, 5.74) is 1.37. The number of amides is 1. The van der Waals surface area contributed by atoms with E-state index in [1.54, 1.807) is 18.2 Å². The van der Waals surface area contributed by atoms with Crippen LogP contribution in [0, 0.1) is 0 Å². The third-order valence-corrected chi connectivity index (χ3v) is 4.97. The normalized spacial score (nSPS) is 16.1. The number of ether oxygens (including phenoxy) is 1. The molecule has 0 unspecified atom stereocenters. The predicted molar refractivity (Wildman–Crippen MR) is 102 cm³/mol. The molecular formula is C17H12ClNO3S2. The van der Waals surface area contributed by atoms with Gasteiger partial charge in [0.1, 0.15) is 0 Å².